The molecule has 0 unspecified atom stereocenters. The average molecular weight is 336 g/mol. The number of carbonyl (C=O) groups is 3. The van der Waals surface area contributed by atoms with Gasteiger partial charge in [0.15, 0.2) is 0 Å². The molecule has 1 aliphatic rings. The number of nitrogens with one attached hydrogen (secondary N) is 1. The highest BCUT2D eigenvalue weighted by atomic mass is 19.1. The molecular weight excluding hydrogens is 315 g/mol. The van der Waals surface area contributed by atoms with Crippen molar-refractivity contribution < 1.29 is 23.5 Å². The summed E-state index contributed by atoms with van der Waals surface area (Å²) in [6, 6.07) is 5.48. The van der Waals surface area contributed by atoms with Crippen molar-refractivity contribution in [3.05, 3.63) is 35.6 Å². The number of likely N-dealkylation sites (tertiary alicyclic amines) is 1. The largest absolute Gasteiger partial charge is 0.469 e. The average Bonchev–Trinajstić information content (AvgIpc) is 2.60. The van der Waals surface area contributed by atoms with Gasteiger partial charge in [-0.3, -0.25) is 14.4 Å². The highest BCUT2D eigenvalue weighted by molar-refractivity contribution is 5.94. The number of hydrogen-bond donors (Lipinski definition) is 1. The van der Waals surface area contributed by atoms with Gasteiger partial charge in [0, 0.05) is 31.1 Å². The van der Waals surface area contributed by atoms with Gasteiger partial charge in [-0.2, -0.15) is 0 Å². The molecule has 1 heterocycles. The second-order valence-corrected chi connectivity index (χ2v) is 5.72. The SMILES string of the molecule is COC(=O)CCC(=O)N1CCC(NC(=O)c2cccc(F)c2)CC1. The van der Waals surface area contributed by atoms with Crippen LogP contribution in [-0.4, -0.2) is 48.9 Å². The number of halogens is 1. The first-order valence-electron chi connectivity index (χ1n) is 7.90. The molecule has 24 heavy (non-hydrogen) atoms. The predicted octanol–water partition coefficient (Wildman–Crippen LogP) is 1.50. The van der Waals surface area contributed by atoms with Crippen LogP contribution in [0.15, 0.2) is 24.3 Å². The quantitative estimate of drug-likeness (QED) is 0.827. The zero-order valence-electron chi connectivity index (χ0n) is 13.6. The highest BCUT2D eigenvalue weighted by Gasteiger charge is 2.24. The molecule has 2 amide bonds. The van der Waals surface area contributed by atoms with E-state index in [9.17, 15) is 18.8 Å². The van der Waals surface area contributed by atoms with Gasteiger partial charge in [0.25, 0.3) is 5.91 Å². The Bertz CT molecular complexity index is 612. The van der Waals surface area contributed by atoms with Crippen LogP contribution in [0.1, 0.15) is 36.0 Å². The lowest BCUT2D eigenvalue weighted by atomic mass is 10.0. The van der Waals surface area contributed by atoms with Crippen molar-refractivity contribution in [1.82, 2.24) is 10.2 Å². The number of rotatable bonds is 5. The fraction of sp³-hybridized carbons (Fsp3) is 0.471. The molecule has 0 radical (unpaired) electrons. The second-order valence-electron chi connectivity index (χ2n) is 5.72. The molecule has 1 fully saturated rings. The third-order valence-electron chi connectivity index (χ3n) is 4.04. The topological polar surface area (TPSA) is 75.7 Å². The lowest BCUT2D eigenvalue weighted by Gasteiger charge is -2.32. The third-order valence-corrected chi connectivity index (χ3v) is 4.04. The number of carbonyl (C=O) groups excluding carboxylic acids is 3. The van der Waals surface area contributed by atoms with Gasteiger partial charge in [0.05, 0.1) is 13.5 Å². The molecule has 0 bridgehead atoms. The minimum Gasteiger partial charge on any atom is -0.469 e. The smallest absolute Gasteiger partial charge is 0.306 e. The van der Waals surface area contributed by atoms with E-state index in [1.165, 1.54) is 25.3 Å². The number of piperidine rings is 1. The maximum Gasteiger partial charge on any atom is 0.306 e. The normalized spacial score (nSPS) is 15.0. The Hall–Kier alpha value is -2.44. The molecule has 0 saturated carbocycles. The van der Waals surface area contributed by atoms with Crippen LogP contribution in [0.2, 0.25) is 0 Å². The Morgan fingerprint density at radius 2 is 1.96 bits per heavy atom. The number of amides is 2. The number of methoxy groups -OCH3 is 1. The lowest BCUT2D eigenvalue weighted by Crippen LogP contribution is -2.46. The lowest BCUT2D eigenvalue weighted by molar-refractivity contribution is -0.143. The molecule has 7 heteroatoms. The van der Waals surface area contributed by atoms with E-state index in [0.717, 1.165) is 0 Å². The van der Waals surface area contributed by atoms with Gasteiger partial charge >= 0.3 is 5.97 Å². The Morgan fingerprint density at radius 3 is 2.58 bits per heavy atom. The van der Waals surface area contributed by atoms with Crippen LogP contribution < -0.4 is 5.32 Å². The molecule has 1 aliphatic heterocycles. The Kier molecular flexibility index (Phi) is 6.28. The molecule has 6 nitrogen and oxygen atoms in total. The molecule has 130 valence electrons. The summed E-state index contributed by atoms with van der Waals surface area (Å²) in [5, 5.41) is 2.86. The number of ether oxygens (including phenoxy) is 1. The fourth-order valence-electron chi connectivity index (χ4n) is 2.64. The first kappa shape index (κ1) is 17.9. The van der Waals surface area contributed by atoms with E-state index in [1.54, 1.807) is 11.0 Å². The summed E-state index contributed by atoms with van der Waals surface area (Å²) in [5.74, 6) is -1.26. The van der Waals surface area contributed by atoms with Crippen molar-refractivity contribution in [3.63, 3.8) is 0 Å². The van der Waals surface area contributed by atoms with Crippen LogP contribution in [0, 0.1) is 5.82 Å². The zero-order chi connectivity index (χ0) is 17.5. The molecule has 1 aromatic carbocycles. The van der Waals surface area contributed by atoms with Crippen molar-refractivity contribution >= 4 is 17.8 Å². The zero-order valence-corrected chi connectivity index (χ0v) is 13.6. The number of hydrogen-bond acceptors (Lipinski definition) is 4. The van der Waals surface area contributed by atoms with Crippen molar-refractivity contribution in [3.8, 4) is 0 Å². The van der Waals surface area contributed by atoms with E-state index in [0.29, 0.717) is 25.9 Å². The molecule has 2 rings (SSSR count). The monoisotopic (exact) mass is 336 g/mol. The first-order valence-corrected chi connectivity index (χ1v) is 7.90. The molecular formula is C17H21FN2O4. The summed E-state index contributed by atoms with van der Waals surface area (Å²) in [4.78, 5) is 36.8. The van der Waals surface area contributed by atoms with E-state index in [-0.39, 0.29) is 36.3 Å². The summed E-state index contributed by atoms with van der Waals surface area (Å²) in [7, 11) is 1.29. The third kappa shape index (κ3) is 5.04. The minimum absolute atomic E-state index is 0.0505. The number of esters is 1. The van der Waals surface area contributed by atoms with Gasteiger partial charge in [0.1, 0.15) is 5.82 Å². The van der Waals surface area contributed by atoms with Crippen LogP contribution >= 0.6 is 0 Å². The molecule has 0 atom stereocenters. The Labute approximate surface area is 140 Å². The van der Waals surface area contributed by atoms with Gasteiger partial charge < -0.3 is 15.0 Å². The van der Waals surface area contributed by atoms with Crippen LogP contribution in [0.3, 0.4) is 0 Å². The number of nitrogens with zero attached hydrogens (tertiary/aromatic N) is 1. The van der Waals surface area contributed by atoms with Gasteiger partial charge in [0.2, 0.25) is 5.91 Å². The van der Waals surface area contributed by atoms with Gasteiger partial charge in [-0.1, -0.05) is 6.07 Å². The summed E-state index contributed by atoms with van der Waals surface area (Å²) in [5.41, 5.74) is 0.284. The molecule has 0 spiro atoms. The van der Waals surface area contributed by atoms with Crippen LogP contribution in [-0.2, 0) is 14.3 Å². The van der Waals surface area contributed by atoms with Crippen molar-refractivity contribution in [1.29, 1.82) is 0 Å². The fourth-order valence-corrected chi connectivity index (χ4v) is 2.64. The van der Waals surface area contributed by atoms with Crippen LogP contribution in [0.25, 0.3) is 0 Å². The minimum atomic E-state index is -0.450. The van der Waals surface area contributed by atoms with Gasteiger partial charge in [-0.15, -0.1) is 0 Å². The maximum atomic E-state index is 13.1. The summed E-state index contributed by atoms with van der Waals surface area (Å²) >= 11 is 0. The van der Waals surface area contributed by atoms with Crippen molar-refractivity contribution in [2.24, 2.45) is 0 Å². The molecule has 1 N–H and O–H groups in total. The van der Waals surface area contributed by atoms with Crippen molar-refractivity contribution in [2.45, 2.75) is 31.7 Å². The Morgan fingerprint density at radius 1 is 1.25 bits per heavy atom. The molecule has 1 saturated heterocycles. The van der Waals surface area contributed by atoms with Crippen LogP contribution in [0.5, 0.6) is 0 Å². The second kappa shape index (κ2) is 8.42. The first-order chi connectivity index (χ1) is 11.5. The van der Waals surface area contributed by atoms with Crippen molar-refractivity contribution in [2.75, 3.05) is 20.2 Å². The molecule has 0 aliphatic carbocycles. The Balaban J connectivity index is 1.77. The van der Waals surface area contributed by atoms with E-state index < -0.39 is 11.8 Å². The maximum absolute atomic E-state index is 13.1. The van der Waals surface area contributed by atoms with E-state index in [1.807, 2.05) is 0 Å². The molecule has 1 aromatic rings. The van der Waals surface area contributed by atoms with E-state index in [2.05, 4.69) is 10.1 Å². The van der Waals surface area contributed by atoms with E-state index >= 15 is 0 Å². The number of benzene rings is 1. The summed E-state index contributed by atoms with van der Waals surface area (Å²) in [6.45, 7) is 1.04. The van der Waals surface area contributed by atoms with Crippen LogP contribution in [0.4, 0.5) is 4.39 Å². The van der Waals surface area contributed by atoms with Gasteiger partial charge in [-0.05, 0) is 31.0 Å². The predicted molar refractivity (Wildman–Crippen MR) is 84.7 cm³/mol. The summed E-state index contributed by atoms with van der Waals surface area (Å²) in [6.07, 6.45) is 1.47. The van der Waals surface area contributed by atoms with Gasteiger partial charge in [-0.25, -0.2) is 4.39 Å². The standard InChI is InChI=1S/C17H21FN2O4/c1-24-16(22)6-5-15(21)20-9-7-14(8-10-20)19-17(23)12-3-2-4-13(18)11-12/h2-4,11,14H,5-10H2,1H3,(H,19,23). The van der Waals surface area contributed by atoms with E-state index in [4.69, 9.17) is 0 Å². The summed E-state index contributed by atoms with van der Waals surface area (Å²) < 4.78 is 17.7. The highest BCUT2D eigenvalue weighted by Crippen LogP contribution is 2.13. The molecule has 0 aromatic heterocycles.